The number of rotatable bonds is 7. The molecule has 3 aliphatic rings. The molecule has 39 heavy (non-hydrogen) atoms. The molecule has 204 valence electrons. The van der Waals surface area contributed by atoms with Crippen LogP contribution in [0.3, 0.4) is 0 Å². The summed E-state index contributed by atoms with van der Waals surface area (Å²) in [4.78, 5) is 33.0. The Morgan fingerprint density at radius 2 is 1.72 bits per heavy atom. The largest absolute Gasteiger partial charge is 0.349 e. The Balaban J connectivity index is 1.03. The number of nitrogens with zero attached hydrogens (tertiary/aromatic N) is 2. The maximum Gasteiger partial charge on any atom is 0.252 e. The summed E-state index contributed by atoms with van der Waals surface area (Å²) in [6, 6.07) is 15.1. The maximum absolute atomic E-state index is 13.2. The van der Waals surface area contributed by atoms with E-state index >= 15 is 0 Å². The van der Waals surface area contributed by atoms with Crippen molar-refractivity contribution in [1.29, 1.82) is 0 Å². The highest BCUT2D eigenvalue weighted by Gasteiger charge is 2.43. The Kier molecular flexibility index (Phi) is 7.24. The third-order valence-electron chi connectivity index (χ3n) is 9.30. The third kappa shape index (κ3) is 5.00. The first-order valence-corrected chi connectivity index (χ1v) is 15.0. The van der Waals surface area contributed by atoms with Gasteiger partial charge >= 0.3 is 0 Å². The highest BCUT2D eigenvalue weighted by molar-refractivity contribution is 6.35. The normalized spacial score (nSPS) is 24.3. The van der Waals surface area contributed by atoms with Gasteiger partial charge in [0.25, 0.3) is 5.91 Å². The van der Waals surface area contributed by atoms with Gasteiger partial charge in [0.05, 0.1) is 10.5 Å². The van der Waals surface area contributed by atoms with Crippen molar-refractivity contribution in [2.45, 2.75) is 83.8 Å². The first kappa shape index (κ1) is 26.5. The van der Waals surface area contributed by atoms with Crippen molar-refractivity contribution in [1.82, 2.24) is 15.2 Å². The molecule has 2 bridgehead atoms. The van der Waals surface area contributed by atoms with Crippen LogP contribution >= 0.6 is 11.6 Å². The molecule has 2 atom stereocenters. The fourth-order valence-corrected chi connectivity index (χ4v) is 7.37. The zero-order valence-electron chi connectivity index (χ0n) is 23.2. The van der Waals surface area contributed by atoms with Gasteiger partial charge in [0, 0.05) is 46.3 Å². The summed E-state index contributed by atoms with van der Waals surface area (Å²) in [5.74, 6) is 0.937. The van der Waals surface area contributed by atoms with Crippen molar-refractivity contribution >= 4 is 34.2 Å². The zero-order valence-corrected chi connectivity index (χ0v) is 23.9. The molecule has 5 nitrogen and oxygen atoms in total. The van der Waals surface area contributed by atoms with E-state index < -0.39 is 0 Å². The lowest BCUT2D eigenvalue weighted by atomic mass is 9.84. The predicted octanol–water partition coefficient (Wildman–Crippen LogP) is 7.61. The SMILES string of the molecule is Cc1ccc2c(C(=O)NC3CCC(CCN4[C@@H]5CC[C@H]4c4ccc(C(=O)C(C)C)cc45)CC3)ccc(Cl)c2n1. The van der Waals surface area contributed by atoms with E-state index in [1.54, 1.807) is 6.07 Å². The second-order valence-corrected chi connectivity index (χ2v) is 12.5. The number of pyridine rings is 1. The van der Waals surface area contributed by atoms with Crippen molar-refractivity contribution in [2.24, 2.45) is 11.8 Å². The van der Waals surface area contributed by atoms with E-state index in [2.05, 4.69) is 27.3 Å². The molecule has 2 aromatic carbocycles. The summed E-state index contributed by atoms with van der Waals surface area (Å²) in [5.41, 5.74) is 5.93. The van der Waals surface area contributed by atoms with Gasteiger partial charge in [0.2, 0.25) is 0 Å². The Morgan fingerprint density at radius 3 is 2.46 bits per heavy atom. The lowest BCUT2D eigenvalue weighted by Gasteiger charge is -2.31. The molecule has 0 radical (unpaired) electrons. The number of nitrogens with one attached hydrogen (secondary N) is 1. The number of aryl methyl sites for hydroxylation is 1. The maximum atomic E-state index is 13.2. The number of fused-ring (bicyclic) bond motifs is 6. The number of amides is 1. The molecule has 6 rings (SSSR count). The predicted molar refractivity (Wildman–Crippen MR) is 156 cm³/mol. The van der Waals surface area contributed by atoms with Gasteiger partial charge in [-0.2, -0.15) is 0 Å². The topological polar surface area (TPSA) is 62.3 Å². The molecular formula is C33H38ClN3O2. The lowest BCUT2D eigenvalue weighted by Crippen LogP contribution is -2.38. The molecule has 1 aliphatic carbocycles. The number of aromatic nitrogens is 1. The van der Waals surface area contributed by atoms with Crippen molar-refractivity contribution in [3.63, 3.8) is 0 Å². The second kappa shape index (κ2) is 10.7. The first-order chi connectivity index (χ1) is 18.8. The van der Waals surface area contributed by atoms with E-state index in [9.17, 15) is 9.59 Å². The number of hydrogen-bond donors (Lipinski definition) is 1. The van der Waals surface area contributed by atoms with Gasteiger partial charge < -0.3 is 5.32 Å². The van der Waals surface area contributed by atoms with Crippen LogP contribution in [0.4, 0.5) is 0 Å². The molecule has 3 aromatic rings. The fourth-order valence-electron chi connectivity index (χ4n) is 7.17. The lowest BCUT2D eigenvalue weighted by molar-refractivity contribution is 0.0917. The number of hydrogen-bond acceptors (Lipinski definition) is 4. The van der Waals surface area contributed by atoms with E-state index in [1.807, 2.05) is 45.0 Å². The monoisotopic (exact) mass is 543 g/mol. The Bertz CT molecular complexity index is 1430. The van der Waals surface area contributed by atoms with Crippen LogP contribution in [-0.2, 0) is 0 Å². The minimum absolute atomic E-state index is 0.0319. The molecule has 6 heteroatoms. The second-order valence-electron chi connectivity index (χ2n) is 12.1. The number of halogens is 1. The molecule has 1 amide bonds. The van der Waals surface area contributed by atoms with Crippen LogP contribution in [0.1, 0.15) is 108 Å². The number of Topliss-reactive ketones (excluding diaryl/α,β-unsaturated/α-hetero) is 1. The molecule has 3 heterocycles. The molecule has 2 aliphatic heterocycles. The average molecular weight is 544 g/mol. The molecule has 1 saturated carbocycles. The summed E-state index contributed by atoms with van der Waals surface area (Å²) < 4.78 is 0. The number of carbonyl (C=O) groups excluding carboxylic acids is 2. The summed E-state index contributed by atoms with van der Waals surface area (Å²) in [6.45, 7) is 7.00. The molecule has 1 N–H and O–H groups in total. The first-order valence-electron chi connectivity index (χ1n) is 14.6. The van der Waals surface area contributed by atoms with Crippen LogP contribution in [0.25, 0.3) is 10.9 Å². The van der Waals surface area contributed by atoms with Gasteiger partial charge in [-0.15, -0.1) is 0 Å². The highest BCUT2D eigenvalue weighted by atomic mass is 35.5. The van der Waals surface area contributed by atoms with Crippen LogP contribution < -0.4 is 5.32 Å². The van der Waals surface area contributed by atoms with Gasteiger partial charge in [-0.05, 0) is 99.7 Å². The zero-order chi connectivity index (χ0) is 27.3. The van der Waals surface area contributed by atoms with Gasteiger partial charge in [0.15, 0.2) is 5.78 Å². The summed E-state index contributed by atoms with van der Waals surface area (Å²) >= 11 is 6.36. The van der Waals surface area contributed by atoms with Crippen LogP contribution in [0.2, 0.25) is 5.02 Å². The fraction of sp³-hybridized carbons (Fsp3) is 0.485. The molecule has 1 aromatic heterocycles. The number of ketones is 1. The Hall–Kier alpha value is -2.76. The van der Waals surface area contributed by atoms with E-state index in [0.717, 1.165) is 48.9 Å². The van der Waals surface area contributed by atoms with Gasteiger partial charge in [-0.25, -0.2) is 0 Å². The van der Waals surface area contributed by atoms with Crippen LogP contribution in [-0.4, -0.2) is 34.2 Å². The van der Waals surface area contributed by atoms with E-state index in [-0.39, 0.29) is 23.7 Å². The molecule has 0 spiro atoms. The molecule has 0 unspecified atom stereocenters. The van der Waals surface area contributed by atoms with Gasteiger partial charge in [-0.3, -0.25) is 19.5 Å². The van der Waals surface area contributed by atoms with Crippen molar-refractivity contribution in [2.75, 3.05) is 6.54 Å². The van der Waals surface area contributed by atoms with E-state index in [4.69, 9.17) is 11.6 Å². The van der Waals surface area contributed by atoms with Crippen LogP contribution in [0.15, 0.2) is 42.5 Å². The molecule has 1 saturated heterocycles. The third-order valence-corrected chi connectivity index (χ3v) is 9.60. The standard InChI is InChI=1S/C33H38ClN3O2/c1-19(2)32(38)22-7-11-24-27(18-22)30-15-14-29(24)37(30)17-16-21-5-8-23(9-6-21)36-33(39)26-12-13-28(34)31-25(26)10-4-20(3)35-31/h4,7,10-13,18-19,21,23,29-30H,5-6,8-9,14-17H2,1-3H3,(H,36,39)/t21?,23?,29-,30+/m0/s1. The minimum Gasteiger partial charge on any atom is -0.349 e. The molecular weight excluding hydrogens is 506 g/mol. The quantitative estimate of drug-likeness (QED) is 0.311. The summed E-state index contributed by atoms with van der Waals surface area (Å²) in [6.07, 6.45) is 7.96. The van der Waals surface area contributed by atoms with Crippen molar-refractivity contribution < 1.29 is 9.59 Å². The average Bonchev–Trinajstić information content (AvgIpc) is 3.48. The smallest absolute Gasteiger partial charge is 0.252 e. The number of carbonyl (C=O) groups is 2. The van der Waals surface area contributed by atoms with Gasteiger partial charge in [-0.1, -0.05) is 43.6 Å². The van der Waals surface area contributed by atoms with Crippen LogP contribution in [0, 0.1) is 18.8 Å². The summed E-state index contributed by atoms with van der Waals surface area (Å²) in [7, 11) is 0. The Labute approximate surface area is 236 Å². The van der Waals surface area contributed by atoms with Crippen molar-refractivity contribution in [3.05, 3.63) is 75.4 Å². The summed E-state index contributed by atoms with van der Waals surface area (Å²) in [5, 5.41) is 4.67. The highest BCUT2D eigenvalue weighted by Crippen LogP contribution is 2.53. The van der Waals surface area contributed by atoms with Crippen molar-refractivity contribution in [3.8, 4) is 0 Å². The van der Waals surface area contributed by atoms with E-state index in [1.165, 1.54) is 30.4 Å². The minimum atomic E-state index is -0.0347. The molecule has 2 fully saturated rings. The Morgan fingerprint density at radius 1 is 0.974 bits per heavy atom. The van der Waals surface area contributed by atoms with Crippen LogP contribution in [0.5, 0.6) is 0 Å². The van der Waals surface area contributed by atoms with Gasteiger partial charge in [0.1, 0.15) is 0 Å². The van der Waals surface area contributed by atoms with E-state index in [0.29, 0.717) is 34.1 Å². The number of benzene rings is 2.